The third-order valence-corrected chi connectivity index (χ3v) is 5.09. The van der Waals surface area contributed by atoms with Crippen LogP contribution in [0.1, 0.15) is 0 Å². The predicted molar refractivity (Wildman–Crippen MR) is 85.6 cm³/mol. The molecule has 0 aliphatic heterocycles. The molecule has 0 spiro atoms. The van der Waals surface area contributed by atoms with Crippen molar-refractivity contribution in [2.24, 2.45) is 0 Å². The Morgan fingerprint density at radius 2 is 1.86 bits per heavy atom. The second kappa shape index (κ2) is 6.33. The van der Waals surface area contributed by atoms with Crippen molar-refractivity contribution >= 4 is 47.6 Å². The molecule has 0 unspecified atom stereocenters. The summed E-state index contributed by atoms with van der Waals surface area (Å²) in [7, 11) is -2.47. The van der Waals surface area contributed by atoms with Crippen molar-refractivity contribution < 1.29 is 17.5 Å². The molecule has 112 valence electrons. The molecule has 8 heteroatoms. The normalized spacial score (nSPS) is 11.2. The molecule has 2 aromatic carbocycles. The molecule has 0 heterocycles. The van der Waals surface area contributed by atoms with Gasteiger partial charge in [0.05, 0.1) is 17.3 Å². The second-order valence-corrected chi connectivity index (χ2v) is 7.45. The van der Waals surface area contributed by atoms with Crippen molar-refractivity contribution in [1.29, 1.82) is 0 Å². The Labute approximate surface area is 138 Å². The van der Waals surface area contributed by atoms with Gasteiger partial charge >= 0.3 is 0 Å². The van der Waals surface area contributed by atoms with Crippen LogP contribution < -0.4 is 9.46 Å². The van der Waals surface area contributed by atoms with Gasteiger partial charge in [-0.15, -0.1) is 0 Å². The molecule has 0 saturated heterocycles. The molecule has 0 aromatic heterocycles. The van der Waals surface area contributed by atoms with Gasteiger partial charge < -0.3 is 4.74 Å². The van der Waals surface area contributed by atoms with E-state index in [1.165, 1.54) is 31.4 Å². The van der Waals surface area contributed by atoms with E-state index in [0.29, 0.717) is 4.47 Å². The van der Waals surface area contributed by atoms with Crippen LogP contribution in [0, 0.1) is 5.82 Å². The molecule has 0 saturated carbocycles. The molecule has 2 aromatic rings. The van der Waals surface area contributed by atoms with Crippen LogP contribution in [0.5, 0.6) is 5.75 Å². The number of rotatable bonds is 4. The van der Waals surface area contributed by atoms with Crippen LogP contribution in [0.25, 0.3) is 0 Å². The smallest absolute Gasteiger partial charge is 0.265 e. The Balaban J connectivity index is 2.42. The molecule has 1 N–H and O–H groups in total. The summed E-state index contributed by atoms with van der Waals surface area (Å²) in [6.07, 6.45) is 0. The van der Waals surface area contributed by atoms with Gasteiger partial charge in [-0.3, -0.25) is 4.72 Å². The molecule has 2 rings (SSSR count). The molecule has 21 heavy (non-hydrogen) atoms. The van der Waals surface area contributed by atoms with Crippen LogP contribution in [0.3, 0.4) is 0 Å². The van der Waals surface area contributed by atoms with E-state index < -0.39 is 15.8 Å². The van der Waals surface area contributed by atoms with Gasteiger partial charge in [0.25, 0.3) is 10.0 Å². The zero-order chi connectivity index (χ0) is 15.6. The van der Waals surface area contributed by atoms with Gasteiger partial charge in [-0.05, 0) is 52.3 Å². The third kappa shape index (κ3) is 3.75. The number of ether oxygens (including phenoxy) is 1. The molecule has 0 atom stereocenters. The Morgan fingerprint density at radius 1 is 1.14 bits per heavy atom. The van der Waals surface area contributed by atoms with E-state index in [9.17, 15) is 12.8 Å². The lowest BCUT2D eigenvalue weighted by Crippen LogP contribution is -2.14. The summed E-state index contributed by atoms with van der Waals surface area (Å²) in [5, 5.41) is 0. The zero-order valence-corrected chi connectivity index (χ0v) is 14.7. The Bertz CT molecular complexity index is 781. The van der Waals surface area contributed by atoms with Crippen molar-refractivity contribution in [3.8, 4) is 5.75 Å². The summed E-state index contributed by atoms with van der Waals surface area (Å²) >= 11 is 6.23. The van der Waals surface area contributed by atoms with Gasteiger partial charge in [0.15, 0.2) is 0 Å². The molecule has 4 nitrogen and oxygen atoms in total. The molecule has 0 aliphatic rings. The number of methoxy groups -OCH3 is 1. The summed E-state index contributed by atoms with van der Waals surface area (Å²) < 4.78 is 46.2. The summed E-state index contributed by atoms with van der Waals surface area (Å²) in [4.78, 5) is -0.0141. The lowest BCUT2D eigenvalue weighted by Gasteiger charge is -2.12. The zero-order valence-electron chi connectivity index (χ0n) is 10.7. The van der Waals surface area contributed by atoms with Crippen LogP contribution in [0.15, 0.2) is 50.2 Å². The minimum Gasteiger partial charge on any atom is -0.495 e. The summed E-state index contributed by atoms with van der Waals surface area (Å²) in [5.41, 5.74) is 0.241. The highest BCUT2D eigenvalue weighted by atomic mass is 79.9. The van der Waals surface area contributed by atoms with Gasteiger partial charge in [0.2, 0.25) is 0 Å². The molecule has 0 bridgehead atoms. The van der Waals surface area contributed by atoms with Crippen molar-refractivity contribution in [3.63, 3.8) is 0 Å². The summed E-state index contributed by atoms with van der Waals surface area (Å²) in [6.45, 7) is 0. The molecular formula is C13H10Br2FNO3S. The Hall–Kier alpha value is -1.12. The van der Waals surface area contributed by atoms with Crippen LogP contribution in [-0.2, 0) is 10.0 Å². The lowest BCUT2D eigenvalue weighted by atomic mass is 10.3. The molecule has 0 fully saturated rings. The lowest BCUT2D eigenvalue weighted by molar-refractivity contribution is 0.403. The first-order chi connectivity index (χ1) is 9.83. The maximum atomic E-state index is 13.2. The monoisotopic (exact) mass is 437 g/mol. The molecule has 0 aliphatic carbocycles. The number of hydrogen-bond donors (Lipinski definition) is 1. The number of hydrogen-bond acceptors (Lipinski definition) is 3. The summed E-state index contributed by atoms with van der Waals surface area (Å²) in [6, 6.07) is 8.49. The van der Waals surface area contributed by atoms with Crippen LogP contribution in [0.2, 0.25) is 0 Å². The van der Waals surface area contributed by atoms with E-state index in [-0.39, 0.29) is 20.8 Å². The SMILES string of the molecule is COc1ccc(Br)cc1S(=O)(=O)Nc1ccc(F)c(Br)c1. The van der Waals surface area contributed by atoms with E-state index in [1.807, 2.05) is 0 Å². The van der Waals surface area contributed by atoms with Gasteiger partial charge in [-0.25, -0.2) is 12.8 Å². The first kappa shape index (κ1) is 16.3. The van der Waals surface area contributed by atoms with E-state index in [1.54, 1.807) is 12.1 Å². The molecular weight excluding hydrogens is 429 g/mol. The fourth-order valence-corrected chi connectivity index (χ4v) is 3.77. The number of halogens is 3. The van der Waals surface area contributed by atoms with Crippen LogP contribution >= 0.6 is 31.9 Å². The average molecular weight is 439 g/mol. The minimum atomic E-state index is -3.86. The second-order valence-electron chi connectivity index (χ2n) is 4.03. The standard InChI is InChI=1S/C13H10Br2FNO3S/c1-20-12-5-2-8(14)6-13(12)21(18,19)17-9-3-4-11(16)10(15)7-9/h2-7,17H,1H3. The van der Waals surface area contributed by atoms with Crippen molar-refractivity contribution in [1.82, 2.24) is 0 Å². The predicted octanol–water partition coefficient (Wildman–Crippen LogP) is 4.16. The Kier molecular flexibility index (Phi) is 4.90. The maximum absolute atomic E-state index is 13.2. The van der Waals surface area contributed by atoms with Crippen molar-refractivity contribution in [3.05, 3.63) is 51.2 Å². The van der Waals surface area contributed by atoms with Crippen LogP contribution in [0.4, 0.5) is 10.1 Å². The van der Waals surface area contributed by atoms with Gasteiger partial charge in [0, 0.05) is 4.47 Å². The van der Waals surface area contributed by atoms with Gasteiger partial charge in [-0.2, -0.15) is 0 Å². The maximum Gasteiger partial charge on any atom is 0.265 e. The minimum absolute atomic E-state index is 0.0141. The largest absolute Gasteiger partial charge is 0.495 e. The highest BCUT2D eigenvalue weighted by Crippen LogP contribution is 2.29. The third-order valence-electron chi connectivity index (χ3n) is 2.59. The fourth-order valence-electron chi connectivity index (χ4n) is 1.63. The highest BCUT2D eigenvalue weighted by molar-refractivity contribution is 9.10. The number of benzene rings is 2. The highest BCUT2D eigenvalue weighted by Gasteiger charge is 2.20. The molecule has 0 radical (unpaired) electrons. The van der Waals surface area contributed by atoms with Gasteiger partial charge in [0.1, 0.15) is 16.5 Å². The van der Waals surface area contributed by atoms with Crippen molar-refractivity contribution in [2.75, 3.05) is 11.8 Å². The van der Waals surface area contributed by atoms with Crippen molar-refractivity contribution in [2.45, 2.75) is 4.90 Å². The van der Waals surface area contributed by atoms with E-state index in [2.05, 4.69) is 36.6 Å². The van der Waals surface area contributed by atoms with Crippen LogP contribution in [-0.4, -0.2) is 15.5 Å². The number of nitrogens with one attached hydrogen (secondary N) is 1. The average Bonchev–Trinajstić information content (AvgIpc) is 2.42. The van der Waals surface area contributed by atoms with Gasteiger partial charge in [-0.1, -0.05) is 15.9 Å². The number of anilines is 1. The number of sulfonamides is 1. The first-order valence-corrected chi connectivity index (χ1v) is 8.72. The fraction of sp³-hybridized carbons (Fsp3) is 0.0769. The van der Waals surface area contributed by atoms with E-state index in [0.717, 1.165) is 0 Å². The van der Waals surface area contributed by atoms with E-state index in [4.69, 9.17) is 4.74 Å². The topological polar surface area (TPSA) is 55.4 Å². The summed E-state index contributed by atoms with van der Waals surface area (Å²) in [5.74, 6) is -0.259. The first-order valence-electron chi connectivity index (χ1n) is 5.65. The molecule has 0 amide bonds. The quantitative estimate of drug-likeness (QED) is 0.779. The Morgan fingerprint density at radius 3 is 2.48 bits per heavy atom. The van der Waals surface area contributed by atoms with E-state index >= 15 is 0 Å².